The summed E-state index contributed by atoms with van der Waals surface area (Å²) in [6, 6.07) is 16.4. The lowest BCUT2D eigenvalue weighted by atomic mass is 10.1. The predicted molar refractivity (Wildman–Crippen MR) is 136 cm³/mol. The molecule has 0 aliphatic carbocycles. The minimum Gasteiger partial charge on any atom is -0.493 e. The van der Waals surface area contributed by atoms with Crippen LogP contribution in [0.3, 0.4) is 0 Å². The number of anilines is 2. The van der Waals surface area contributed by atoms with Gasteiger partial charge in [-0.25, -0.2) is 4.98 Å². The van der Waals surface area contributed by atoms with Gasteiger partial charge in [0, 0.05) is 10.6 Å². The van der Waals surface area contributed by atoms with E-state index in [0.717, 1.165) is 11.1 Å². The number of thiophene rings is 1. The average molecular weight is 499 g/mol. The van der Waals surface area contributed by atoms with Crippen molar-refractivity contribution >= 4 is 56.5 Å². The molecule has 4 aromatic rings. The van der Waals surface area contributed by atoms with Gasteiger partial charge in [0.15, 0.2) is 11.5 Å². The summed E-state index contributed by atoms with van der Waals surface area (Å²) in [5.74, 6) is 1.06. The fraction of sp³-hybridized carbons (Fsp3) is 0.0870. The highest BCUT2D eigenvalue weighted by atomic mass is 35.5. The maximum atomic E-state index is 12.6. The molecule has 0 atom stereocenters. The van der Waals surface area contributed by atoms with Gasteiger partial charge in [-0.1, -0.05) is 41.1 Å². The number of hydrogen-bond donors (Lipinski definition) is 2. The zero-order valence-corrected chi connectivity index (χ0v) is 20.1. The zero-order chi connectivity index (χ0) is 23.2. The van der Waals surface area contributed by atoms with E-state index in [0.29, 0.717) is 37.2 Å². The van der Waals surface area contributed by atoms with Crippen LogP contribution in [0.1, 0.15) is 15.2 Å². The lowest BCUT2D eigenvalue weighted by Gasteiger charge is -2.07. The Morgan fingerprint density at radius 2 is 1.88 bits per heavy atom. The van der Waals surface area contributed by atoms with Crippen LogP contribution in [0.2, 0.25) is 5.02 Å². The smallest absolute Gasteiger partial charge is 0.266 e. The number of rotatable bonds is 8. The normalized spacial score (nSPS) is 10.9. The highest BCUT2D eigenvalue weighted by Crippen LogP contribution is 2.37. The number of methoxy groups -OCH3 is 2. The third-order valence-corrected chi connectivity index (χ3v) is 6.49. The van der Waals surface area contributed by atoms with E-state index in [-0.39, 0.29) is 5.91 Å². The molecule has 0 saturated carbocycles. The molecule has 10 heteroatoms. The van der Waals surface area contributed by atoms with E-state index in [9.17, 15) is 4.79 Å². The van der Waals surface area contributed by atoms with Crippen LogP contribution in [0.4, 0.5) is 10.1 Å². The molecule has 0 spiro atoms. The molecule has 0 unspecified atom stereocenters. The maximum absolute atomic E-state index is 12.6. The number of aromatic nitrogens is 1. The van der Waals surface area contributed by atoms with Gasteiger partial charge in [0.2, 0.25) is 5.13 Å². The summed E-state index contributed by atoms with van der Waals surface area (Å²) in [6.45, 7) is 0. The van der Waals surface area contributed by atoms with Crippen LogP contribution in [-0.2, 0) is 0 Å². The Morgan fingerprint density at radius 3 is 2.58 bits per heavy atom. The van der Waals surface area contributed by atoms with Crippen molar-refractivity contribution in [3.8, 4) is 22.8 Å². The quantitative estimate of drug-likeness (QED) is 0.222. The summed E-state index contributed by atoms with van der Waals surface area (Å²) < 4.78 is 10.6. The van der Waals surface area contributed by atoms with Crippen molar-refractivity contribution in [3.05, 3.63) is 75.4 Å². The van der Waals surface area contributed by atoms with Crippen molar-refractivity contribution in [1.29, 1.82) is 0 Å². The number of amides is 1. The predicted octanol–water partition coefficient (Wildman–Crippen LogP) is 6.24. The van der Waals surface area contributed by atoms with Crippen molar-refractivity contribution in [1.82, 2.24) is 4.98 Å². The van der Waals surface area contributed by atoms with E-state index in [1.54, 1.807) is 44.7 Å². The molecule has 33 heavy (non-hydrogen) atoms. The summed E-state index contributed by atoms with van der Waals surface area (Å²) in [4.78, 5) is 17.9. The number of carbonyl (C=O) groups excluding carboxylic acids is 1. The fourth-order valence-corrected chi connectivity index (χ4v) is 4.50. The highest BCUT2D eigenvalue weighted by Gasteiger charge is 2.17. The number of halogens is 1. The number of hydrogen-bond acceptors (Lipinski definition) is 8. The monoisotopic (exact) mass is 498 g/mol. The molecule has 0 bridgehead atoms. The molecule has 2 aromatic heterocycles. The van der Waals surface area contributed by atoms with E-state index in [1.165, 1.54) is 22.7 Å². The zero-order valence-electron chi connectivity index (χ0n) is 17.7. The van der Waals surface area contributed by atoms with Crippen LogP contribution in [-0.4, -0.2) is 31.3 Å². The molecule has 2 aromatic carbocycles. The second-order valence-corrected chi connectivity index (χ2v) is 9.00. The molecule has 0 saturated heterocycles. The van der Waals surface area contributed by atoms with Crippen LogP contribution in [0.5, 0.6) is 11.5 Å². The first-order chi connectivity index (χ1) is 16.1. The molecule has 7 nitrogen and oxygen atoms in total. The topological polar surface area (TPSA) is 84.8 Å². The molecule has 0 fully saturated rings. The van der Waals surface area contributed by atoms with Gasteiger partial charge in [0.1, 0.15) is 10.7 Å². The second-order valence-electron chi connectivity index (χ2n) is 6.62. The standard InChI is InChI=1S/C23H19ClN4O3S2/c1-30-17-10-5-14(12-18(17)31-2)13-25-28-23-26-20(15-6-8-16(24)9-7-15)22(33-23)27-21(29)19-4-3-11-32-19/h3-13H,1-2H3,(H,26,28)(H,27,29)/b25-13+. The van der Waals surface area contributed by atoms with E-state index in [2.05, 4.69) is 20.8 Å². The number of carbonyl (C=O) groups is 1. The Labute approximate surface area is 203 Å². The molecule has 1 amide bonds. The molecule has 4 rings (SSSR count). The number of benzene rings is 2. The van der Waals surface area contributed by atoms with Crippen molar-refractivity contribution in [2.24, 2.45) is 5.10 Å². The first kappa shape index (κ1) is 22.8. The van der Waals surface area contributed by atoms with Crippen LogP contribution in [0.15, 0.2) is 65.1 Å². The number of nitrogens with one attached hydrogen (secondary N) is 2. The van der Waals surface area contributed by atoms with Crippen LogP contribution in [0, 0.1) is 0 Å². The van der Waals surface area contributed by atoms with Gasteiger partial charge in [-0.15, -0.1) is 11.3 Å². The van der Waals surface area contributed by atoms with E-state index >= 15 is 0 Å². The van der Waals surface area contributed by atoms with Gasteiger partial charge < -0.3 is 14.8 Å². The number of hydrazone groups is 1. The summed E-state index contributed by atoms with van der Waals surface area (Å²) in [7, 11) is 3.17. The largest absolute Gasteiger partial charge is 0.493 e. The molecule has 168 valence electrons. The number of nitrogens with zero attached hydrogens (tertiary/aromatic N) is 2. The Balaban J connectivity index is 1.57. The molecule has 0 aliphatic rings. The van der Waals surface area contributed by atoms with E-state index in [1.807, 2.05) is 35.7 Å². The first-order valence-electron chi connectivity index (χ1n) is 9.70. The summed E-state index contributed by atoms with van der Waals surface area (Å²) >= 11 is 8.70. The number of thiazole rings is 1. The average Bonchev–Trinajstić information content (AvgIpc) is 3.50. The summed E-state index contributed by atoms with van der Waals surface area (Å²) in [5, 5.41) is 10.9. The highest BCUT2D eigenvalue weighted by molar-refractivity contribution is 7.20. The summed E-state index contributed by atoms with van der Waals surface area (Å²) in [6.07, 6.45) is 1.65. The molecular formula is C23H19ClN4O3S2. The van der Waals surface area contributed by atoms with Crippen molar-refractivity contribution < 1.29 is 14.3 Å². The van der Waals surface area contributed by atoms with E-state index in [4.69, 9.17) is 21.1 Å². The minimum absolute atomic E-state index is 0.191. The van der Waals surface area contributed by atoms with Crippen molar-refractivity contribution in [2.45, 2.75) is 0 Å². The van der Waals surface area contributed by atoms with E-state index < -0.39 is 0 Å². The Hall–Kier alpha value is -3.40. The SMILES string of the molecule is COc1ccc(/C=N/Nc2nc(-c3ccc(Cl)cc3)c(NC(=O)c3cccs3)s2)cc1OC. The molecule has 2 N–H and O–H groups in total. The van der Waals surface area contributed by atoms with Gasteiger partial charge >= 0.3 is 0 Å². The van der Waals surface area contributed by atoms with Crippen molar-refractivity contribution in [3.63, 3.8) is 0 Å². The molecular weight excluding hydrogens is 480 g/mol. The fourth-order valence-electron chi connectivity index (χ4n) is 2.92. The van der Waals surface area contributed by atoms with Crippen LogP contribution >= 0.6 is 34.3 Å². The van der Waals surface area contributed by atoms with Gasteiger partial charge in [-0.3, -0.25) is 10.2 Å². The lowest BCUT2D eigenvalue weighted by Crippen LogP contribution is -2.09. The third kappa shape index (κ3) is 5.51. The number of ether oxygens (including phenoxy) is 2. The van der Waals surface area contributed by atoms with Gasteiger partial charge in [-0.2, -0.15) is 5.10 Å². The Bertz CT molecular complexity index is 1270. The second kappa shape index (κ2) is 10.5. The minimum atomic E-state index is -0.191. The maximum Gasteiger partial charge on any atom is 0.266 e. The van der Waals surface area contributed by atoms with Gasteiger partial charge in [0.05, 0.1) is 25.3 Å². The van der Waals surface area contributed by atoms with Crippen molar-refractivity contribution in [2.75, 3.05) is 25.0 Å². The van der Waals surface area contributed by atoms with Crippen LogP contribution in [0.25, 0.3) is 11.3 Å². The first-order valence-corrected chi connectivity index (χ1v) is 11.8. The third-order valence-electron chi connectivity index (χ3n) is 4.50. The molecule has 2 heterocycles. The van der Waals surface area contributed by atoms with Crippen LogP contribution < -0.4 is 20.2 Å². The summed E-state index contributed by atoms with van der Waals surface area (Å²) in [5.41, 5.74) is 5.22. The van der Waals surface area contributed by atoms with Gasteiger partial charge in [-0.05, 0) is 47.3 Å². The Morgan fingerprint density at radius 1 is 1.09 bits per heavy atom. The van der Waals surface area contributed by atoms with Gasteiger partial charge in [0.25, 0.3) is 5.91 Å². The Kier molecular flexibility index (Phi) is 7.23. The molecule has 0 radical (unpaired) electrons. The molecule has 0 aliphatic heterocycles. The lowest BCUT2D eigenvalue weighted by molar-refractivity contribution is 0.103.